The molecule has 1 aromatic carbocycles. The monoisotopic (exact) mass is 609 g/mol. The van der Waals surface area contributed by atoms with Crippen LogP contribution in [0.15, 0.2) is 41.5 Å². The van der Waals surface area contributed by atoms with Gasteiger partial charge in [0.2, 0.25) is 5.95 Å². The van der Waals surface area contributed by atoms with E-state index in [1.165, 1.54) is 19.1 Å². The molecule has 1 aliphatic heterocycles. The first-order valence-electron chi connectivity index (χ1n) is 13.3. The second-order valence-corrected chi connectivity index (χ2v) is 11.0. The van der Waals surface area contributed by atoms with Crippen LogP contribution in [0.2, 0.25) is 5.15 Å². The van der Waals surface area contributed by atoms with Crippen LogP contribution in [0.4, 0.5) is 17.3 Å². The van der Waals surface area contributed by atoms with E-state index in [4.69, 9.17) is 21.3 Å². The van der Waals surface area contributed by atoms with Crippen molar-refractivity contribution in [2.75, 3.05) is 54.7 Å². The third-order valence-electron chi connectivity index (χ3n) is 7.16. The third-order valence-corrected chi connectivity index (χ3v) is 7.76. The Bertz CT molecular complexity index is 1670. The number of halogens is 1. The van der Waals surface area contributed by atoms with Crippen LogP contribution in [0, 0.1) is 6.92 Å². The number of piperazine rings is 1. The highest BCUT2D eigenvalue weighted by Crippen LogP contribution is 2.29. The number of hydrogen-bond donors (Lipinski definition) is 2. The molecule has 0 aliphatic carbocycles. The predicted octanol–water partition coefficient (Wildman–Crippen LogP) is 3.60. The highest BCUT2D eigenvalue weighted by molar-refractivity contribution is 7.97. The number of carbonyl (C=O) groups excluding carboxylic acids is 1. The topological polar surface area (TPSA) is 130 Å². The number of nitrogens with zero attached hydrogens (tertiary/aromatic N) is 7. The Hall–Kier alpha value is -4.10. The molecule has 0 radical (unpaired) electrons. The summed E-state index contributed by atoms with van der Waals surface area (Å²) in [6.07, 6.45) is 5.26. The van der Waals surface area contributed by atoms with Crippen molar-refractivity contribution >= 4 is 57.7 Å². The van der Waals surface area contributed by atoms with Crippen LogP contribution in [0.3, 0.4) is 0 Å². The number of ether oxygens (including phenoxy) is 1. The molecule has 220 valence electrons. The Morgan fingerprint density at radius 3 is 2.45 bits per heavy atom. The first-order chi connectivity index (χ1) is 20.2. The molecule has 14 heteroatoms. The number of aryl methyl sites for hydroxylation is 1. The standard InChI is InChI=1S/C28H32ClN9O3S/c1-16-12-19(17(2)32-21-6-7-22(29)33-24(21)25(39)35-42-5)23-20(13-16)26(40)36(3)28(34-23)38-10-8-37(9-11-38)18-14-30-27(41-4)31-15-18/h6-7,12-15,17,32H,8-11H2,1-5H3,(H,35,39). The normalized spacial score (nSPS) is 14.1. The predicted molar refractivity (Wildman–Crippen MR) is 167 cm³/mol. The zero-order chi connectivity index (χ0) is 30.0. The van der Waals surface area contributed by atoms with E-state index in [9.17, 15) is 9.59 Å². The number of methoxy groups -OCH3 is 1. The minimum Gasteiger partial charge on any atom is -0.467 e. The largest absolute Gasteiger partial charge is 0.467 e. The van der Waals surface area contributed by atoms with Gasteiger partial charge in [-0.25, -0.2) is 19.9 Å². The Balaban J connectivity index is 1.46. The lowest BCUT2D eigenvalue weighted by Crippen LogP contribution is -2.48. The number of amides is 1. The summed E-state index contributed by atoms with van der Waals surface area (Å²) in [5.41, 5.74) is 3.89. The molecule has 1 atom stereocenters. The van der Waals surface area contributed by atoms with Crippen molar-refractivity contribution in [1.29, 1.82) is 0 Å². The number of hydrogen-bond acceptors (Lipinski definition) is 11. The molecular weight excluding hydrogens is 578 g/mol. The van der Waals surface area contributed by atoms with Gasteiger partial charge in [-0.3, -0.25) is 18.9 Å². The summed E-state index contributed by atoms with van der Waals surface area (Å²) < 4.78 is 9.38. The van der Waals surface area contributed by atoms with Crippen LogP contribution in [0.1, 0.15) is 34.6 Å². The summed E-state index contributed by atoms with van der Waals surface area (Å²) >= 11 is 7.28. The summed E-state index contributed by atoms with van der Waals surface area (Å²) in [6, 6.07) is 7.26. The van der Waals surface area contributed by atoms with E-state index in [0.717, 1.165) is 16.8 Å². The molecule has 0 bridgehead atoms. The molecule has 0 spiro atoms. The van der Waals surface area contributed by atoms with Crippen molar-refractivity contribution < 1.29 is 9.53 Å². The first-order valence-corrected chi connectivity index (χ1v) is 14.9. The lowest BCUT2D eigenvalue weighted by molar-refractivity contribution is 0.0980. The van der Waals surface area contributed by atoms with Crippen LogP contribution < -0.4 is 30.1 Å². The molecule has 0 saturated carbocycles. The van der Waals surface area contributed by atoms with Gasteiger partial charge in [0, 0.05) is 45.0 Å². The van der Waals surface area contributed by atoms with E-state index in [-0.39, 0.29) is 28.4 Å². The first kappa shape index (κ1) is 29.4. The minimum absolute atomic E-state index is 0.119. The van der Waals surface area contributed by atoms with Gasteiger partial charge in [0.15, 0.2) is 5.69 Å². The van der Waals surface area contributed by atoms with Gasteiger partial charge in [-0.05, 0) is 37.6 Å². The van der Waals surface area contributed by atoms with Gasteiger partial charge in [-0.1, -0.05) is 29.6 Å². The second kappa shape index (κ2) is 12.4. The minimum atomic E-state index is -0.358. The Morgan fingerprint density at radius 2 is 1.79 bits per heavy atom. The van der Waals surface area contributed by atoms with Crippen LogP contribution in [-0.2, 0) is 7.05 Å². The van der Waals surface area contributed by atoms with Crippen LogP contribution in [0.5, 0.6) is 6.01 Å². The van der Waals surface area contributed by atoms with Crippen molar-refractivity contribution in [3.8, 4) is 6.01 Å². The van der Waals surface area contributed by atoms with E-state index in [1.807, 2.05) is 26.0 Å². The van der Waals surface area contributed by atoms with Gasteiger partial charge in [0.1, 0.15) is 5.15 Å². The van der Waals surface area contributed by atoms with Gasteiger partial charge in [-0.15, -0.1) is 0 Å². The zero-order valence-electron chi connectivity index (χ0n) is 24.0. The third kappa shape index (κ3) is 5.93. The molecule has 1 fully saturated rings. The molecule has 1 saturated heterocycles. The SMILES string of the molecule is COc1ncc(N2CCN(c3nc4c(C(C)Nc5ccc(Cl)nc5C(=O)NSC)cc(C)cc4c(=O)n3C)CC2)cn1. The molecule has 1 unspecified atom stereocenters. The number of nitrogens with one attached hydrogen (secondary N) is 2. The van der Waals surface area contributed by atoms with E-state index >= 15 is 0 Å². The second-order valence-electron chi connectivity index (χ2n) is 9.96. The average Bonchev–Trinajstić information content (AvgIpc) is 3.00. The lowest BCUT2D eigenvalue weighted by Gasteiger charge is -2.36. The number of fused-ring (bicyclic) bond motifs is 1. The van der Waals surface area contributed by atoms with Gasteiger partial charge < -0.3 is 19.9 Å². The molecular formula is C28H32ClN9O3S. The number of anilines is 3. The number of rotatable bonds is 8. The highest BCUT2D eigenvalue weighted by atomic mass is 35.5. The van der Waals surface area contributed by atoms with Gasteiger partial charge in [-0.2, -0.15) is 0 Å². The fraction of sp³-hybridized carbons (Fsp3) is 0.357. The van der Waals surface area contributed by atoms with E-state index in [0.29, 0.717) is 54.7 Å². The molecule has 2 N–H and O–H groups in total. The Kier molecular flexibility index (Phi) is 8.69. The van der Waals surface area contributed by atoms with Crippen LogP contribution >= 0.6 is 23.5 Å². The van der Waals surface area contributed by atoms with E-state index < -0.39 is 0 Å². The Morgan fingerprint density at radius 1 is 1.10 bits per heavy atom. The number of carbonyl (C=O) groups is 1. The molecule has 12 nitrogen and oxygen atoms in total. The van der Waals surface area contributed by atoms with Crippen molar-refractivity contribution in [1.82, 2.24) is 29.2 Å². The number of benzene rings is 1. The van der Waals surface area contributed by atoms with Crippen LogP contribution in [0.25, 0.3) is 10.9 Å². The fourth-order valence-electron chi connectivity index (χ4n) is 5.07. The quantitative estimate of drug-likeness (QED) is 0.224. The van der Waals surface area contributed by atoms with Gasteiger partial charge >= 0.3 is 6.01 Å². The van der Waals surface area contributed by atoms with E-state index in [1.54, 1.807) is 42.4 Å². The highest BCUT2D eigenvalue weighted by Gasteiger charge is 2.24. The molecule has 1 amide bonds. The maximum absolute atomic E-state index is 13.6. The van der Waals surface area contributed by atoms with E-state index in [2.05, 4.69) is 34.8 Å². The smallest absolute Gasteiger partial charge is 0.316 e. The fourth-order valence-corrected chi connectivity index (χ4v) is 5.50. The van der Waals surface area contributed by atoms with Crippen molar-refractivity contribution in [2.45, 2.75) is 19.9 Å². The lowest BCUT2D eigenvalue weighted by atomic mass is 10.0. The van der Waals surface area contributed by atoms with Crippen molar-refractivity contribution in [3.05, 3.63) is 69.0 Å². The summed E-state index contributed by atoms with van der Waals surface area (Å²) in [5.74, 6) is 0.243. The molecule has 1 aliphatic rings. The summed E-state index contributed by atoms with van der Waals surface area (Å²) in [7, 11) is 3.29. The zero-order valence-corrected chi connectivity index (χ0v) is 25.6. The molecule has 3 aromatic heterocycles. The molecule has 42 heavy (non-hydrogen) atoms. The maximum atomic E-state index is 13.6. The average molecular weight is 610 g/mol. The molecule has 5 rings (SSSR count). The van der Waals surface area contributed by atoms with Gasteiger partial charge in [0.05, 0.1) is 47.8 Å². The van der Waals surface area contributed by atoms with Crippen molar-refractivity contribution in [2.24, 2.45) is 7.05 Å². The summed E-state index contributed by atoms with van der Waals surface area (Å²) in [4.78, 5) is 48.4. The summed E-state index contributed by atoms with van der Waals surface area (Å²) in [5, 5.41) is 4.15. The number of aromatic nitrogens is 5. The van der Waals surface area contributed by atoms with Crippen LogP contribution in [-0.4, -0.2) is 70.0 Å². The maximum Gasteiger partial charge on any atom is 0.316 e. The molecule has 4 aromatic rings. The molecule has 4 heterocycles. The summed E-state index contributed by atoms with van der Waals surface area (Å²) in [6.45, 7) is 6.67. The van der Waals surface area contributed by atoms with Gasteiger partial charge in [0.25, 0.3) is 11.5 Å². The van der Waals surface area contributed by atoms with Crippen molar-refractivity contribution in [3.63, 3.8) is 0 Å². The Labute approximate surface area is 252 Å². The number of pyridine rings is 1.